The zero-order valence-corrected chi connectivity index (χ0v) is 14.6. The standard InChI is InChI=1S/C19H14ClN5O/c1-11-9-16(26)23-18(21-11)25-19-22-15-8-7-13(20)10-14(15)17(24-19)12-5-3-2-4-6-12/h2-10H,1H3,(H2,21,22,23,24,25,26). The highest BCUT2D eigenvalue weighted by Crippen LogP contribution is 2.29. The van der Waals surface area contributed by atoms with Gasteiger partial charge < -0.3 is 0 Å². The first-order valence-electron chi connectivity index (χ1n) is 7.96. The summed E-state index contributed by atoms with van der Waals surface area (Å²) in [6.07, 6.45) is 0. The van der Waals surface area contributed by atoms with Crippen LogP contribution < -0.4 is 10.9 Å². The maximum absolute atomic E-state index is 11.6. The Bertz CT molecular complexity index is 1160. The number of aromatic nitrogens is 4. The van der Waals surface area contributed by atoms with Gasteiger partial charge in [0.05, 0.1) is 11.2 Å². The Balaban J connectivity index is 1.88. The predicted octanol–water partition coefficient (Wildman–Crippen LogP) is 4.09. The lowest BCUT2D eigenvalue weighted by Gasteiger charge is -2.10. The summed E-state index contributed by atoms with van der Waals surface area (Å²) in [6, 6.07) is 16.7. The molecule has 0 bridgehead atoms. The number of benzene rings is 2. The molecule has 0 saturated carbocycles. The molecule has 4 rings (SSSR count). The van der Waals surface area contributed by atoms with Crippen LogP contribution in [0.4, 0.5) is 11.9 Å². The lowest BCUT2D eigenvalue weighted by Crippen LogP contribution is -2.11. The molecule has 2 N–H and O–H groups in total. The summed E-state index contributed by atoms with van der Waals surface area (Å²) < 4.78 is 0. The van der Waals surface area contributed by atoms with Gasteiger partial charge in [0.25, 0.3) is 5.56 Å². The van der Waals surface area contributed by atoms with E-state index in [2.05, 4.69) is 25.3 Å². The molecule has 26 heavy (non-hydrogen) atoms. The van der Waals surface area contributed by atoms with Crippen LogP contribution in [0.25, 0.3) is 22.2 Å². The highest BCUT2D eigenvalue weighted by atomic mass is 35.5. The molecule has 2 aromatic carbocycles. The molecule has 6 nitrogen and oxygen atoms in total. The third-order valence-electron chi connectivity index (χ3n) is 3.80. The van der Waals surface area contributed by atoms with E-state index in [4.69, 9.17) is 11.6 Å². The van der Waals surface area contributed by atoms with Crippen LogP contribution >= 0.6 is 11.6 Å². The van der Waals surface area contributed by atoms with Crippen molar-refractivity contribution in [1.29, 1.82) is 0 Å². The molecule has 0 aliphatic heterocycles. The Morgan fingerprint density at radius 1 is 1.00 bits per heavy atom. The summed E-state index contributed by atoms with van der Waals surface area (Å²) in [6.45, 7) is 1.75. The summed E-state index contributed by atoms with van der Waals surface area (Å²) in [5, 5.41) is 4.44. The molecule has 0 spiro atoms. The minimum atomic E-state index is -0.240. The Morgan fingerprint density at radius 3 is 2.58 bits per heavy atom. The third-order valence-corrected chi connectivity index (χ3v) is 4.04. The first-order chi connectivity index (χ1) is 12.6. The summed E-state index contributed by atoms with van der Waals surface area (Å²) in [4.78, 5) is 27.7. The van der Waals surface area contributed by atoms with Crippen LogP contribution in [0.5, 0.6) is 0 Å². The van der Waals surface area contributed by atoms with Crippen molar-refractivity contribution in [2.75, 3.05) is 5.32 Å². The highest BCUT2D eigenvalue weighted by Gasteiger charge is 2.11. The number of nitrogens with zero attached hydrogens (tertiary/aromatic N) is 3. The Morgan fingerprint density at radius 2 is 1.81 bits per heavy atom. The van der Waals surface area contributed by atoms with Gasteiger partial charge in [-0.25, -0.2) is 15.0 Å². The van der Waals surface area contributed by atoms with E-state index in [9.17, 15) is 4.79 Å². The van der Waals surface area contributed by atoms with Crippen LogP contribution in [0.1, 0.15) is 5.69 Å². The topological polar surface area (TPSA) is 83.6 Å². The van der Waals surface area contributed by atoms with Gasteiger partial charge in [0.2, 0.25) is 11.9 Å². The second-order valence-electron chi connectivity index (χ2n) is 5.78. The largest absolute Gasteiger partial charge is 0.294 e. The van der Waals surface area contributed by atoms with Crippen LogP contribution in [0.15, 0.2) is 59.4 Å². The molecule has 2 aromatic heterocycles. The third kappa shape index (κ3) is 3.27. The number of aromatic amines is 1. The number of rotatable bonds is 3. The number of fused-ring (bicyclic) bond motifs is 1. The van der Waals surface area contributed by atoms with Crippen LogP contribution in [0, 0.1) is 6.92 Å². The quantitative estimate of drug-likeness (QED) is 0.573. The van der Waals surface area contributed by atoms with Gasteiger partial charge in [0.1, 0.15) is 0 Å². The molecule has 2 heterocycles. The van der Waals surface area contributed by atoms with E-state index in [1.54, 1.807) is 13.0 Å². The molecule has 0 fully saturated rings. The molecular formula is C19H14ClN5O. The lowest BCUT2D eigenvalue weighted by molar-refractivity contribution is 1.05. The van der Waals surface area contributed by atoms with E-state index < -0.39 is 0 Å². The predicted molar refractivity (Wildman–Crippen MR) is 103 cm³/mol. The van der Waals surface area contributed by atoms with Crippen molar-refractivity contribution in [2.45, 2.75) is 6.92 Å². The van der Waals surface area contributed by atoms with Crippen molar-refractivity contribution in [1.82, 2.24) is 19.9 Å². The maximum Gasteiger partial charge on any atom is 0.252 e. The molecule has 0 aliphatic rings. The van der Waals surface area contributed by atoms with E-state index in [-0.39, 0.29) is 5.56 Å². The average Bonchev–Trinajstić information content (AvgIpc) is 2.61. The summed E-state index contributed by atoms with van der Waals surface area (Å²) >= 11 is 6.16. The van der Waals surface area contributed by atoms with Gasteiger partial charge in [0, 0.05) is 27.7 Å². The zero-order valence-electron chi connectivity index (χ0n) is 13.8. The van der Waals surface area contributed by atoms with Gasteiger partial charge in [-0.05, 0) is 25.1 Å². The van der Waals surface area contributed by atoms with Crippen LogP contribution in [0.3, 0.4) is 0 Å². The van der Waals surface area contributed by atoms with E-state index in [1.807, 2.05) is 42.5 Å². The normalized spacial score (nSPS) is 10.8. The fourth-order valence-corrected chi connectivity index (χ4v) is 2.89. The molecule has 4 aromatic rings. The molecule has 0 aliphatic carbocycles. The summed E-state index contributed by atoms with van der Waals surface area (Å²) in [5.74, 6) is 0.634. The van der Waals surface area contributed by atoms with E-state index in [0.29, 0.717) is 22.6 Å². The number of nitrogens with one attached hydrogen (secondary N) is 2. The van der Waals surface area contributed by atoms with Gasteiger partial charge in [-0.3, -0.25) is 15.1 Å². The summed E-state index contributed by atoms with van der Waals surface area (Å²) in [5.41, 5.74) is 2.79. The minimum Gasteiger partial charge on any atom is -0.294 e. The van der Waals surface area contributed by atoms with Crippen LogP contribution in [-0.4, -0.2) is 19.9 Å². The van der Waals surface area contributed by atoms with Gasteiger partial charge in [-0.15, -0.1) is 0 Å². The lowest BCUT2D eigenvalue weighted by atomic mass is 10.1. The molecule has 0 radical (unpaired) electrons. The fraction of sp³-hybridized carbons (Fsp3) is 0.0526. The molecule has 7 heteroatoms. The first-order valence-corrected chi connectivity index (χ1v) is 8.34. The number of anilines is 2. The van der Waals surface area contributed by atoms with Crippen molar-refractivity contribution in [3.63, 3.8) is 0 Å². The van der Waals surface area contributed by atoms with Crippen molar-refractivity contribution in [3.8, 4) is 11.3 Å². The Hall–Kier alpha value is -3.25. The van der Waals surface area contributed by atoms with E-state index >= 15 is 0 Å². The van der Waals surface area contributed by atoms with Crippen molar-refractivity contribution >= 4 is 34.4 Å². The number of hydrogen-bond donors (Lipinski definition) is 2. The van der Waals surface area contributed by atoms with Crippen molar-refractivity contribution in [3.05, 3.63) is 75.7 Å². The second kappa shape index (κ2) is 6.57. The molecule has 0 saturated heterocycles. The monoisotopic (exact) mass is 363 g/mol. The molecular weight excluding hydrogens is 350 g/mol. The van der Waals surface area contributed by atoms with E-state index in [1.165, 1.54) is 6.07 Å². The van der Waals surface area contributed by atoms with Crippen LogP contribution in [0.2, 0.25) is 5.02 Å². The highest BCUT2D eigenvalue weighted by molar-refractivity contribution is 6.31. The molecule has 128 valence electrons. The first kappa shape index (κ1) is 16.2. The van der Waals surface area contributed by atoms with Gasteiger partial charge >= 0.3 is 0 Å². The molecule has 0 amide bonds. The Kier molecular flexibility index (Phi) is 4.10. The summed E-state index contributed by atoms with van der Waals surface area (Å²) in [7, 11) is 0. The fourth-order valence-electron chi connectivity index (χ4n) is 2.72. The van der Waals surface area contributed by atoms with Gasteiger partial charge in [0.15, 0.2) is 0 Å². The second-order valence-corrected chi connectivity index (χ2v) is 6.22. The maximum atomic E-state index is 11.6. The smallest absolute Gasteiger partial charge is 0.252 e. The number of H-pyrrole nitrogens is 1. The number of halogens is 1. The number of hydrogen-bond acceptors (Lipinski definition) is 5. The Labute approximate surface area is 153 Å². The van der Waals surface area contributed by atoms with Gasteiger partial charge in [-0.1, -0.05) is 41.9 Å². The van der Waals surface area contributed by atoms with E-state index in [0.717, 1.165) is 22.2 Å². The van der Waals surface area contributed by atoms with Crippen molar-refractivity contribution in [2.24, 2.45) is 0 Å². The SMILES string of the molecule is Cc1cc(=O)[nH]c(Nc2nc(-c3ccccc3)c3cc(Cl)ccc3n2)n1. The molecule has 0 atom stereocenters. The van der Waals surface area contributed by atoms with Crippen molar-refractivity contribution < 1.29 is 0 Å². The average molecular weight is 364 g/mol. The zero-order chi connectivity index (χ0) is 18.1. The molecule has 0 unspecified atom stereocenters. The number of aryl methyl sites for hydroxylation is 1. The van der Waals surface area contributed by atoms with Crippen LogP contribution in [-0.2, 0) is 0 Å². The van der Waals surface area contributed by atoms with Gasteiger partial charge in [-0.2, -0.15) is 0 Å². The minimum absolute atomic E-state index is 0.240.